The van der Waals surface area contributed by atoms with Gasteiger partial charge in [0, 0.05) is 13.0 Å². The van der Waals surface area contributed by atoms with Gasteiger partial charge in [0.1, 0.15) is 0 Å². The predicted molar refractivity (Wildman–Crippen MR) is 51.5 cm³/mol. The Kier molecular flexibility index (Phi) is 4.22. The number of amides is 1. The van der Waals surface area contributed by atoms with Crippen molar-refractivity contribution < 1.29 is 9.53 Å². The SMILES string of the molecule is CCCC(=O)NC(C)C1CCCO1. The molecule has 1 aliphatic heterocycles. The third-order valence-electron chi connectivity index (χ3n) is 2.39. The summed E-state index contributed by atoms with van der Waals surface area (Å²) in [6.07, 6.45) is 3.97. The lowest BCUT2D eigenvalue weighted by Crippen LogP contribution is -2.40. The van der Waals surface area contributed by atoms with E-state index in [4.69, 9.17) is 4.74 Å². The van der Waals surface area contributed by atoms with E-state index in [9.17, 15) is 4.79 Å². The second-order valence-corrected chi connectivity index (χ2v) is 3.66. The van der Waals surface area contributed by atoms with E-state index in [-0.39, 0.29) is 18.1 Å². The summed E-state index contributed by atoms with van der Waals surface area (Å²) in [7, 11) is 0. The Morgan fingerprint density at radius 3 is 3.00 bits per heavy atom. The minimum atomic E-state index is 0.144. The number of hydrogen-bond acceptors (Lipinski definition) is 2. The van der Waals surface area contributed by atoms with Crippen molar-refractivity contribution in [1.29, 1.82) is 0 Å². The van der Waals surface area contributed by atoms with Gasteiger partial charge in [0.25, 0.3) is 0 Å². The van der Waals surface area contributed by atoms with Gasteiger partial charge in [-0.2, -0.15) is 0 Å². The molecule has 0 aromatic carbocycles. The summed E-state index contributed by atoms with van der Waals surface area (Å²) in [5.41, 5.74) is 0. The van der Waals surface area contributed by atoms with Gasteiger partial charge in [-0.3, -0.25) is 4.79 Å². The Balaban J connectivity index is 2.22. The maximum Gasteiger partial charge on any atom is 0.220 e. The van der Waals surface area contributed by atoms with Crippen LogP contribution in [0.5, 0.6) is 0 Å². The Labute approximate surface area is 79.8 Å². The summed E-state index contributed by atoms with van der Waals surface area (Å²) in [6, 6.07) is 0.168. The van der Waals surface area contributed by atoms with Gasteiger partial charge in [0.2, 0.25) is 5.91 Å². The minimum Gasteiger partial charge on any atom is -0.376 e. The van der Waals surface area contributed by atoms with Crippen molar-refractivity contribution >= 4 is 5.91 Å². The maximum absolute atomic E-state index is 11.2. The van der Waals surface area contributed by atoms with Crippen LogP contribution in [0, 0.1) is 0 Å². The van der Waals surface area contributed by atoms with Gasteiger partial charge in [-0.15, -0.1) is 0 Å². The maximum atomic E-state index is 11.2. The van der Waals surface area contributed by atoms with Crippen LogP contribution < -0.4 is 5.32 Å². The number of nitrogens with one attached hydrogen (secondary N) is 1. The molecule has 1 heterocycles. The third kappa shape index (κ3) is 3.35. The molecule has 1 rings (SSSR count). The van der Waals surface area contributed by atoms with Crippen molar-refractivity contribution in [2.45, 2.75) is 51.7 Å². The Morgan fingerprint density at radius 1 is 1.69 bits per heavy atom. The molecule has 2 atom stereocenters. The van der Waals surface area contributed by atoms with Gasteiger partial charge in [-0.05, 0) is 26.2 Å². The lowest BCUT2D eigenvalue weighted by molar-refractivity contribution is -0.122. The van der Waals surface area contributed by atoms with E-state index in [1.54, 1.807) is 0 Å². The van der Waals surface area contributed by atoms with Crippen molar-refractivity contribution in [3.63, 3.8) is 0 Å². The highest BCUT2D eigenvalue weighted by molar-refractivity contribution is 5.76. The van der Waals surface area contributed by atoms with Crippen molar-refractivity contribution in [3.8, 4) is 0 Å². The zero-order chi connectivity index (χ0) is 9.68. The first kappa shape index (κ1) is 10.5. The fourth-order valence-corrected chi connectivity index (χ4v) is 1.64. The molecule has 1 aliphatic rings. The molecule has 0 saturated carbocycles. The summed E-state index contributed by atoms with van der Waals surface area (Å²) < 4.78 is 5.48. The van der Waals surface area contributed by atoms with Crippen LogP contribution in [0.25, 0.3) is 0 Å². The first-order valence-corrected chi connectivity index (χ1v) is 5.15. The van der Waals surface area contributed by atoms with Gasteiger partial charge in [0.15, 0.2) is 0 Å². The summed E-state index contributed by atoms with van der Waals surface area (Å²) in [5, 5.41) is 2.96. The van der Waals surface area contributed by atoms with Gasteiger partial charge in [-0.1, -0.05) is 6.92 Å². The van der Waals surface area contributed by atoms with Crippen molar-refractivity contribution in [3.05, 3.63) is 0 Å². The van der Waals surface area contributed by atoms with Crippen molar-refractivity contribution in [2.75, 3.05) is 6.61 Å². The fourth-order valence-electron chi connectivity index (χ4n) is 1.64. The third-order valence-corrected chi connectivity index (χ3v) is 2.39. The lowest BCUT2D eigenvalue weighted by Gasteiger charge is -2.19. The van der Waals surface area contributed by atoms with Crippen LogP contribution in [-0.4, -0.2) is 24.7 Å². The molecular formula is C10H19NO2. The van der Waals surface area contributed by atoms with Crippen molar-refractivity contribution in [1.82, 2.24) is 5.32 Å². The number of hydrogen-bond donors (Lipinski definition) is 1. The van der Waals surface area contributed by atoms with Gasteiger partial charge in [0.05, 0.1) is 12.1 Å². The highest BCUT2D eigenvalue weighted by Crippen LogP contribution is 2.15. The Morgan fingerprint density at radius 2 is 2.46 bits per heavy atom. The fraction of sp³-hybridized carbons (Fsp3) is 0.900. The largest absolute Gasteiger partial charge is 0.376 e. The lowest BCUT2D eigenvalue weighted by atomic mass is 10.1. The van der Waals surface area contributed by atoms with E-state index >= 15 is 0 Å². The molecule has 0 aliphatic carbocycles. The highest BCUT2D eigenvalue weighted by Gasteiger charge is 2.23. The first-order valence-electron chi connectivity index (χ1n) is 5.15. The van der Waals surface area contributed by atoms with E-state index in [0.717, 1.165) is 25.9 Å². The van der Waals surface area contributed by atoms with Gasteiger partial charge < -0.3 is 10.1 Å². The second kappa shape index (κ2) is 5.22. The molecule has 1 fully saturated rings. The van der Waals surface area contributed by atoms with E-state index in [0.29, 0.717) is 6.42 Å². The molecule has 1 amide bonds. The van der Waals surface area contributed by atoms with E-state index < -0.39 is 0 Å². The molecule has 3 nitrogen and oxygen atoms in total. The number of carbonyl (C=O) groups excluding carboxylic acids is 1. The molecule has 1 N–H and O–H groups in total. The average molecular weight is 185 g/mol. The molecule has 0 aromatic rings. The summed E-state index contributed by atoms with van der Waals surface area (Å²) >= 11 is 0. The van der Waals surface area contributed by atoms with Crippen LogP contribution in [0.3, 0.4) is 0 Å². The quantitative estimate of drug-likeness (QED) is 0.720. The van der Waals surface area contributed by atoms with Gasteiger partial charge >= 0.3 is 0 Å². The predicted octanol–water partition coefficient (Wildman–Crippen LogP) is 1.47. The van der Waals surface area contributed by atoms with Crippen LogP contribution >= 0.6 is 0 Å². The zero-order valence-corrected chi connectivity index (χ0v) is 8.51. The molecule has 1 saturated heterocycles. The summed E-state index contributed by atoms with van der Waals surface area (Å²) in [6.45, 7) is 4.87. The number of carbonyl (C=O) groups is 1. The second-order valence-electron chi connectivity index (χ2n) is 3.66. The smallest absolute Gasteiger partial charge is 0.220 e. The Hall–Kier alpha value is -0.570. The molecule has 13 heavy (non-hydrogen) atoms. The van der Waals surface area contributed by atoms with Crippen LogP contribution in [0.15, 0.2) is 0 Å². The first-order chi connectivity index (χ1) is 6.24. The highest BCUT2D eigenvalue weighted by atomic mass is 16.5. The molecular weight excluding hydrogens is 166 g/mol. The average Bonchev–Trinajstić information content (AvgIpc) is 2.55. The van der Waals surface area contributed by atoms with E-state index in [1.165, 1.54) is 0 Å². The topological polar surface area (TPSA) is 38.3 Å². The number of ether oxygens (including phenoxy) is 1. The van der Waals surface area contributed by atoms with Crippen molar-refractivity contribution in [2.24, 2.45) is 0 Å². The summed E-state index contributed by atoms with van der Waals surface area (Å²) in [5.74, 6) is 0.144. The minimum absolute atomic E-state index is 0.144. The van der Waals surface area contributed by atoms with Crippen LogP contribution in [0.4, 0.5) is 0 Å². The normalized spacial score (nSPS) is 24.3. The standard InChI is InChI=1S/C10H19NO2/c1-3-5-10(12)11-8(2)9-6-4-7-13-9/h8-9H,3-7H2,1-2H3,(H,11,12). The molecule has 2 unspecified atom stereocenters. The van der Waals surface area contributed by atoms with Crippen LogP contribution in [-0.2, 0) is 9.53 Å². The monoisotopic (exact) mass is 185 g/mol. The molecule has 0 bridgehead atoms. The van der Waals surface area contributed by atoms with Gasteiger partial charge in [-0.25, -0.2) is 0 Å². The van der Waals surface area contributed by atoms with Crippen LogP contribution in [0.2, 0.25) is 0 Å². The number of rotatable bonds is 4. The Bertz CT molecular complexity index is 164. The molecule has 0 aromatic heterocycles. The van der Waals surface area contributed by atoms with E-state index in [2.05, 4.69) is 5.32 Å². The molecule has 76 valence electrons. The van der Waals surface area contributed by atoms with E-state index in [1.807, 2.05) is 13.8 Å². The zero-order valence-electron chi connectivity index (χ0n) is 8.51. The molecule has 3 heteroatoms. The molecule has 0 radical (unpaired) electrons. The molecule has 0 spiro atoms. The summed E-state index contributed by atoms with van der Waals surface area (Å²) in [4.78, 5) is 11.2. The van der Waals surface area contributed by atoms with Crippen LogP contribution in [0.1, 0.15) is 39.5 Å².